The number of hydrogen-bond donors (Lipinski definition) is 2. The van der Waals surface area contributed by atoms with Crippen LogP contribution < -0.4 is 5.32 Å². The molecule has 1 aromatic rings. The first kappa shape index (κ1) is 15.6. The van der Waals surface area contributed by atoms with E-state index in [-0.39, 0.29) is 24.7 Å². The normalized spacial score (nSPS) is 18.7. The highest BCUT2D eigenvalue weighted by Crippen LogP contribution is 2.16. The smallest absolute Gasteiger partial charge is 0.251 e. The van der Waals surface area contributed by atoms with E-state index in [1.165, 1.54) is 0 Å². The number of nitrogens with one attached hydrogen (secondary N) is 1. The zero-order valence-electron chi connectivity index (χ0n) is 12.5. The Balaban J connectivity index is 2.09. The largest absolute Gasteiger partial charge is 0.384 e. The van der Waals surface area contributed by atoms with Crippen molar-refractivity contribution in [2.45, 2.75) is 38.8 Å². The zero-order valence-corrected chi connectivity index (χ0v) is 12.5. The van der Waals surface area contributed by atoms with E-state index in [0.29, 0.717) is 5.56 Å². The van der Waals surface area contributed by atoms with Gasteiger partial charge in [-0.25, -0.2) is 0 Å². The molecular formula is C17H21NO3. The number of rotatable bonds is 3. The van der Waals surface area contributed by atoms with Crippen LogP contribution in [0.5, 0.6) is 0 Å². The van der Waals surface area contributed by atoms with Crippen LogP contribution in [0.1, 0.15) is 41.3 Å². The van der Waals surface area contributed by atoms with Gasteiger partial charge in [0.05, 0.1) is 12.1 Å². The van der Waals surface area contributed by atoms with Crippen LogP contribution in [-0.4, -0.2) is 36.4 Å². The van der Waals surface area contributed by atoms with Gasteiger partial charge in [-0.05, 0) is 50.5 Å². The molecule has 1 fully saturated rings. The lowest BCUT2D eigenvalue weighted by Gasteiger charge is -2.20. The van der Waals surface area contributed by atoms with Crippen molar-refractivity contribution in [3.8, 4) is 11.8 Å². The van der Waals surface area contributed by atoms with Crippen molar-refractivity contribution >= 4 is 5.91 Å². The topological polar surface area (TPSA) is 58.6 Å². The van der Waals surface area contributed by atoms with Gasteiger partial charge in [-0.1, -0.05) is 11.8 Å². The van der Waals surface area contributed by atoms with E-state index in [0.717, 1.165) is 30.6 Å². The Morgan fingerprint density at radius 3 is 3.00 bits per heavy atom. The highest BCUT2D eigenvalue weighted by atomic mass is 16.5. The van der Waals surface area contributed by atoms with Gasteiger partial charge in [0.15, 0.2) is 0 Å². The molecule has 21 heavy (non-hydrogen) atoms. The molecule has 2 rings (SSSR count). The minimum absolute atomic E-state index is 0.00696. The molecule has 0 saturated carbocycles. The molecule has 0 aliphatic carbocycles. The van der Waals surface area contributed by atoms with Crippen molar-refractivity contribution in [3.63, 3.8) is 0 Å². The van der Waals surface area contributed by atoms with E-state index >= 15 is 0 Å². The fraction of sp³-hybridized carbons (Fsp3) is 0.471. The maximum Gasteiger partial charge on any atom is 0.251 e. The molecule has 0 aromatic heterocycles. The first-order valence-electron chi connectivity index (χ1n) is 7.24. The Labute approximate surface area is 125 Å². The number of benzene rings is 1. The standard InChI is InChI=1S/C17H21NO3/c1-12-9-14(5-3-7-19)11-15(10-12)17(20)18-13(2)16-6-4-8-21-16/h9-11,13,16,19H,4,6-8H2,1-2H3,(H,18,20). The summed E-state index contributed by atoms with van der Waals surface area (Å²) >= 11 is 0. The third kappa shape index (κ3) is 4.32. The van der Waals surface area contributed by atoms with E-state index in [2.05, 4.69) is 17.2 Å². The molecule has 4 heteroatoms. The molecule has 1 saturated heterocycles. The Bertz CT molecular complexity index is 565. The third-order valence-corrected chi connectivity index (χ3v) is 3.53. The number of hydrogen-bond acceptors (Lipinski definition) is 3. The van der Waals surface area contributed by atoms with Crippen molar-refractivity contribution in [1.29, 1.82) is 0 Å². The van der Waals surface area contributed by atoms with Crippen LogP contribution in [0, 0.1) is 18.8 Å². The van der Waals surface area contributed by atoms with E-state index in [9.17, 15) is 4.79 Å². The highest BCUT2D eigenvalue weighted by Gasteiger charge is 2.24. The number of aliphatic hydroxyl groups is 1. The second-order valence-corrected chi connectivity index (χ2v) is 5.36. The van der Waals surface area contributed by atoms with Gasteiger partial charge in [-0.15, -0.1) is 0 Å². The molecule has 2 unspecified atom stereocenters. The van der Waals surface area contributed by atoms with Crippen LogP contribution in [0.3, 0.4) is 0 Å². The SMILES string of the molecule is Cc1cc(C#CCO)cc(C(=O)NC(C)C2CCCO2)c1. The summed E-state index contributed by atoms with van der Waals surface area (Å²) in [4.78, 5) is 12.3. The van der Waals surface area contributed by atoms with Crippen molar-refractivity contribution in [3.05, 3.63) is 34.9 Å². The summed E-state index contributed by atoms with van der Waals surface area (Å²) < 4.78 is 5.59. The van der Waals surface area contributed by atoms with Crippen LogP contribution in [0.2, 0.25) is 0 Å². The molecular weight excluding hydrogens is 266 g/mol. The fourth-order valence-corrected chi connectivity index (χ4v) is 2.51. The fourth-order valence-electron chi connectivity index (χ4n) is 2.51. The predicted molar refractivity (Wildman–Crippen MR) is 81.0 cm³/mol. The summed E-state index contributed by atoms with van der Waals surface area (Å²) in [6.45, 7) is 4.47. The zero-order chi connectivity index (χ0) is 15.2. The average molecular weight is 287 g/mol. The number of amides is 1. The molecule has 112 valence electrons. The Morgan fingerprint density at radius 2 is 2.33 bits per heavy atom. The Morgan fingerprint density at radius 1 is 1.52 bits per heavy atom. The molecule has 1 aromatic carbocycles. The lowest BCUT2D eigenvalue weighted by molar-refractivity contribution is 0.0712. The summed E-state index contributed by atoms with van der Waals surface area (Å²) in [7, 11) is 0. The lowest BCUT2D eigenvalue weighted by atomic mass is 10.0. The summed E-state index contributed by atoms with van der Waals surface area (Å²) in [5.74, 6) is 5.31. The summed E-state index contributed by atoms with van der Waals surface area (Å²) in [6.07, 6.45) is 2.14. The van der Waals surface area contributed by atoms with Crippen LogP contribution in [0.15, 0.2) is 18.2 Å². The van der Waals surface area contributed by atoms with Gasteiger partial charge in [0, 0.05) is 17.7 Å². The van der Waals surface area contributed by atoms with Gasteiger partial charge >= 0.3 is 0 Å². The molecule has 1 aliphatic heterocycles. The van der Waals surface area contributed by atoms with Gasteiger partial charge in [0.2, 0.25) is 0 Å². The van der Waals surface area contributed by atoms with E-state index < -0.39 is 0 Å². The second kappa shape index (κ2) is 7.26. The maximum absolute atomic E-state index is 12.3. The van der Waals surface area contributed by atoms with Crippen LogP contribution >= 0.6 is 0 Å². The molecule has 4 nitrogen and oxygen atoms in total. The van der Waals surface area contributed by atoms with Gasteiger partial charge < -0.3 is 15.2 Å². The highest BCUT2D eigenvalue weighted by molar-refractivity contribution is 5.95. The average Bonchev–Trinajstić information content (AvgIpc) is 2.98. The summed E-state index contributed by atoms with van der Waals surface area (Å²) in [6, 6.07) is 5.46. The molecule has 1 amide bonds. The van der Waals surface area contributed by atoms with E-state index in [1.54, 1.807) is 6.07 Å². The molecule has 0 spiro atoms. The van der Waals surface area contributed by atoms with Crippen molar-refractivity contribution in [2.75, 3.05) is 13.2 Å². The van der Waals surface area contributed by atoms with Gasteiger partial charge in [-0.2, -0.15) is 0 Å². The predicted octanol–water partition coefficient (Wildman–Crippen LogP) is 1.64. The van der Waals surface area contributed by atoms with E-state index in [4.69, 9.17) is 9.84 Å². The number of carbonyl (C=O) groups is 1. The number of aryl methyl sites for hydroxylation is 1. The van der Waals surface area contributed by atoms with Crippen LogP contribution in [0.25, 0.3) is 0 Å². The maximum atomic E-state index is 12.3. The first-order valence-corrected chi connectivity index (χ1v) is 7.24. The van der Waals surface area contributed by atoms with Gasteiger partial charge in [0.1, 0.15) is 6.61 Å². The first-order chi connectivity index (χ1) is 10.1. The number of aliphatic hydroxyl groups excluding tert-OH is 1. The van der Waals surface area contributed by atoms with Gasteiger partial charge in [0.25, 0.3) is 5.91 Å². The monoisotopic (exact) mass is 287 g/mol. The number of ether oxygens (including phenoxy) is 1. The molecule has 2 N–H and O–H groups in total. The minimum atomic E-state index is -0.189. The minimum Gasteiger partial charge on any atom is -0.384 e. The lowest BCUT2D eigenvalue weighted by Crippen LogP contribution is -2.40. The summed E-state index contributed by atoms with van der Waals surface area (Å²) in [5.41, 5.74) is 2.29. The molecule has 0 bridgehead atoms. The van der Waals surface area contributed by atoms with Crippen molar-refractivity contribution in [1.82, 2.24) is 5.32 Å². The van der Waals surface area contributed by atoms with Crippen LogP contribution in [-0.2, 0) is 4.74 Å². The Kier molecular flexibility index (Phi) is 5.38. The molecule has 1 aliphatic rings. The quantitative estimate of drug-likeness (QED) is 0.831. The van der Waals surface area contributed by atoms with Crippen molar-refractivity contribution < 1.29 is 14.6 Å². The van der Waals surface area contributed by atoms with E-state index in [1.807, 2.05) is 26.0 Å². The summed E-state index contributed by atoms with van der Waals surface area (Å²) in [5, 5.41) is 11.7. The van der Waals surface area contributed by atoms with Gasteiger partial charge in [-0.3, -0.25) is 4.79 Å². The molecule has 1 heterocycles. The third-order valence-electron chi connectivity index (χ3n) is 3.53. The second-order valence-electron chi connectivity index (χ2n) is 5.36. The van der Waals surface area contributed by atoms with Crippen molar-refractivity contribution in [2.24, 2.45) is 0 Å². The number of carbonyl (C=O) groups excluding carboxylic acids is 1. The Hall–Kier alpha value is -1.83. The van der Waals surface area contributed by atoms with Crippen LogP contribution in [0.4, 0.5) is 0 Å². The molecule has 2 atom stereocenters. The molecule has 0 radical (unpaired) electrons.